The van der Waals surface area contributed by atoms with E-state index in [-0.39, 0.29) is 16.0 Å². The topological polar surface area (TPSA) is 32.3 Å². The molecule has 1 aliphatic heterocycles. The van der Waals surface area contributed by atoms with Gasteiger partial charge in [0.2, 0.25) is 0 Å². The minimum absolute atomic E-state index is 0.0660. The molecular formula is C11H12BrF2NO. The summed E-state index contributed by atoms with van der Waals surface area (Å²) in [6.45, 7) is 1.52. The zero-order chi connectivity index (χ0) is 11.7. The number of piperidine rings is 1. The standard InChI is InChI=1S/C11H12BrF2NO/c12-7-5-8(13)11(16)9(10(7)14)6-1-3-15-4-2-6/h5-6,15-16H,1-4H2. The number of phenols is 1. The Kier molecular flexibility index (Phi) is 3.44. The molecule has 1 saturated heterocycles. The lowest BCUT2D eigenvalue weighted by Crippen LogP contribution is -2.27. The Labute approximate surface area is 101 Å². The van der Waals surface area contributed by atoms with Gasteiger partial charge in [0.25, 0.3) is 0 Å². The predicted molar refractivity (Wildman–Crippen MR) is 60.6 cm³/mol. The molecule has 1 aromatic carbocycles. The van der Waals surface area contributed by atoms with Crippen molar-refractivity contribution in [3.8, 4) is 5.75 Å². The van der Waals surface area contributed by atoms with Crippen molar-refractivity contribution < 1.29 is 13.9 Å². The predicted octanol–water partition coefficient (Wildman–Crippen LogP) is 2.90. The second-order valence-corrected chi connectivity index (χ2v) is 4.80. The van der Waals surface area contributed by atoms with Crippen LogP contribution >= 0.6 is 15.9 Å². The van der Waals surface area contributed by atoms with Crippen LogP contribution in [0.5, 0.6) is 5.75 Å². The summed E-state index contributed by atoms with van der Waals surface area (Å²) in [4.78, 5) is 0. The van der Waals surface area contributed by atoms with Crippen LogP contribution in [0.3, 0.4) is 0 Å². The normalized spacial score (nSPS) is 17.7. The van der Waals surface area contributed by atoms with E-state index >= 15 is 0 Å². The van der Waals surface area contributed by atoms with Crippen molar-refractivity contribution in [3.05, 3.63) is 27.7 Å². The van der Waals surface area contributed by atoms with Gasteiger partial charge in [-0.05, 0) is 53.8 Å². The van der Waals surface area contributed by atoms with Crippen LogP contribution in [0, 0.1) is 11.6 Å². The lowest BCUT2D eigenvalue weighted by atomic mass is 9.89. The van der Waals surface area contributed by atoms with E-state index in [2.05, 4.69) is 21.2 Å². The average molecular weight is 292 g/mol. The third kappa shape index (κ3) is 2.06. The van der Waals surface area contributed by atoms with Crippen LogP contribution < -0.4 is 5.32 Å². The highest BCUT2D eigenvalue weighted by molar-refractivity contribution is 9.10. The summed E-state index contributed by atoms with van der Waals surface area (Å²) in [6, 6.07) is 0.954. The van der Waals surface area contributed by atoms with Crippen LogP contribution in [0.2, 0.25) is 0 Å². The highest BCUT2D eigenvalue weighted by atomic mass is 79.9. The summed E-state index contributed by atoms with van der Waals surface area (Å²) < 4.78 is 27.2. The third-order valence-corrected chi connectivity index (χ3v) is 3.51. The highest BCUT2D eigenvalue weighted by Crippen LogP contribution is 2.38. The fourth-order valence-corrected chi connectivity index (χ4v) is 2.50. The quantitative estimate of drug-likeness (QED) is 0.780. The number of rotatable bonds is 1. The van der Waals surface area contributed by atoms with Crippen LogP contribution in [0.25, 0.3) is 0 Å². The SMILES string of the molecule is Oc1c(F)cc(Br)c(F)c1C1CCNCC1. The van der Waals surface area contributed by atoms with Gasteiger partial charge in [-0.25, -0.2) is 8.78 Å². The van der Waals surface area contributed by atoms with Crippen LogP contribution in [-0.2, 0) is 0 Å². The number of aromatic hydroxyl groups is 1. The molecule has 0 saturated carbocycles. The maximum atomic E-state index is 13.8. The number of benzene rings is 1. The molecule has 2 nitrogen and oxygen atoms in total. The second-order valence-electron chi connectivity index (χ2n) is 3.94. The Morgan fingerprint density at radius 1 is 1.31 bits per heavy atom. The van der Waals surface area contributed by atoms with Gasteiger partial charge in [-0.15, -0.1) is 0 Å². The van der Waals surface area contributed by atoms with Crippen LogP contribution in [0.1, 0.15) is 24.3 Å². The zero-order valence-corrected chi connectivity index (χ0v) is 10.2. The first-order valence-corrected chi connectivity index (χ1v) is 5.97. The van der Waals surface area contributed by atoms with Gasteiger partial charge in [0, 0.05) is 5.56 Å². The van der Waals surface area contributed by atoms with E-state index in [9.17, 15) is 13.9 Å². The number of hydrogen-bond acceptors (Lipinski definition) is 2. The molecule has 0 aliphatic carbocycles. The van der Waals surface area contributed by atoms with Crippen molar-refractivity contribution in [2.75, 3.05) is 13.1 Å². The van der Waals surface area contributed by atoms with Crippen molar-refractivity contribution in [2.24, 2.45) is 0 Å². The van der Waals surface area contributed by atoms with Crippen molar-refractivity contribution in [1.29, 1.82) is 0 Å². The van der Waals surface area contributed by atoms with Crippen molar-refractivity contribution in [3.63, 3.8) is 0 Å². The van der Waals surface area contributed by atoms with Gasteiger partial charge in [0.05, 0.1) is 4.47 Å². The number of nitrogens with one attached hydrogen (secondary N) is 1. The smallest absolute Gasteiger partial charge is 0.166 e. The Bertz CT molecular complexity index is 379. The molecule has 88 valence electrons. The molecule has 0 unspecified atom stereocenters. The molecule has 0 spiro atoms. The zero-order valence-electron chi connectivity index (χ0n) is 8.56. The molecule has 16 heavy (non-hydrogen) atoms. The molecule has 1 aromatic rings. The summed E-state index contributed by atoms with van der Waals surface area (Å²) in [7, 11) is 0. The van der Waals surface area contributed by atoms with Gasteiger partial charge in [-0.3, -0.25) is 0 Å². The Morgan fingerprint density at radius 3 is 2.56 bits per heavy atom. The van der Waals surface area contributed by atoms with E-state index in [1.54, 1.807) is 0 Å². The molecule has 0 atom stereocenters. The lowest BCUT2D eigenvalue weighted by molar-refractivity contribution is 0.386. The number of hydrogen-bond donors (Lipinski definition) is 2. The Hall–Kier alpha value is -0.680. The molecule has 2 rings (SSSR count). The maximum absolute atomic E-state index is 13.8. The lowest BCUT2D eigenvalue weighted by Gasteiger charge is -2.24. The van der Waals surface area contributed by atoms with Crippen LogP contribution in [0.15, 0.2) is 10.5 Å². The van der Waals surface area contributed by atoms with Crippen molar-refractivity contribution >= 4 is 15.9 Å². The molecule has 1 aliphatic rings. The molecule has 5 heteroatoms. The third-order valence-electron chi connectivity index (χ3n) is 2.93. The summed E-state index contributed by atoms with van der Waals surface area (Å²) in [6.07, 6.45) is 1.42. The first kappa shape index (κ1) is 11.8. The van der Waals surface area contributed by atoms with E-state index in [0.717, 1.165) is 19.2 Å². The minimum Gasteiger partial charge on any atom is -0.505 e. The first-order chi connectivity index (χ1) is 7.61. The molecule has 0 amide bonds. The second kappa shape index (κ2) is 4.67. The van der Waals surface area contributed by atoms with Crippen LogP contribution in [0.4, 0.5) is 8.78 Å². The monoisotopic (exact) mass is 291 g/mol. The number of phenolic OH excluding ortho intramolecular Hbond substituents is 1. The summed E-state index contributed by atoms with van der Waals surface area (Å²) in [5.74, 6) is -1.99. The molecule has 0 aromatic heterocycles. The van der Waals surface area contributed by atoms with E-state index in [1.807, 2.05) is 0 Å². The van der Waals surface area contributed by atoms with Crippen LogP contribution in [-0.4, -0.2) is 18.2 Å². The van der Waals surface area contributed by atoms with Gasteiger partial charge in [0.15, 0.2) is 11.6 Å². The molecule has 1 heterocycles. The molecule has 0 radical (unpaired) electrons. The fraction of sp³-hybridized carbons (Fsp3) is 0.455. The van der Waals surface area contributed by atoms with E-state index in [1.165, 1.54) is 0 Å². The number of halogens is 3. The largest absolute Gasteiger partial charge is 0.505 e. The summed E-state index contributed by atoms with van der Waals surface area (Å²) >= 11 is 2.96. The van der Waals surface area contributed by atoms with Gasteiger partial charge >= 0.3 is 0 Å². The van der Waals surface area contributed by atoms with Gasteiger partial charge in [-0.1, -0.05) is 0 Å². The molecule has 0 bridgehead atoms. The molecule has 1 fully saturated rings. The Morgan fingerprint density at radius 2 is 1.94 bits per heavy atom. The van der Waals surface area contributed by atoms with Gasteiger partial charge in [0.1, 0.15) is 5.82 Å². The minimum atomic E-state index is -0.776. The summed E-state index contributed by atoms with van der Waals surface area (Å²) in [5, 5.41) is 12.7. The Balaban J connectivity index is 2.45. The van der Waals surface area contributed by atoms with Crippen molar-refractivity contribution in [2.45, 2.75) is 18.8 Å². The van der Waals surface area contributed by atoms with Gasteiger partial charge < -0.3 is 10.4 Å². The maximum Gasteiger partial charge on any atom is 0.166 e. The van der Waals surface area contributed by atoms with E-state index in [4.69, 9.17) is 0 Å². The van der Waals surface area contributed by atoms with Gasteiger partial charge in [-0.2, -0.15) is 0 Å². The van der Waals surface area contributed by atoms with E-state index in [0.29, 0.717) is 12.8 Å². The highest BCUT2D eigenvalue weighted by Gasteiger charge is 2.25. The summed E-state index contributed by atoms with van der Waals surface area (Å²) in [5.41, 5.74) is 0.105. The van der Waals surface area contributed by atoms with Crippen molar-refractivity contribution in [1.82, 2.24) is 5.32 Å². The fourth-order valence-electron chi connectivity index (χ4n) is 2.09. The molecular weight excluding hydrogens is 280 g/mol. The molecule has 2 N–H and O–H groups in total. The first-order valence-electron chi connectivity index (χ1n) is 5.18. The van der Waals surface area contributed by atoms with E-state index < -0.39 is 17.4 Å². The average Bonchev–Trinajstić information content (AvgIpc) is 2.28.